The van der Waals surface area contributed by atoms with Crippen LogP contribution in [0.5, 0.6) is 0 Å². The van der Waals surface area contributed by atoms with E-state index in [1.54, 1.807) is 29.5 Å². The lowest BCUT2D eigenvalue weighted by Gasteiger charge is -2.02. The third-order valence-corrected chi connectivity index (χ3v) is 4.69. The molecule has 4 aromatic rings. The van der Waals surface area contributed by atoms with Gasteiger partial charge in [-0.05, 0) is 49.4 Å². The molecule has 4 rings (SSSR count). The second-order valence-electron chi connectivity index (χ2n) is 6.27. The number of nitrogens with zero attached hydrogens (tertiary/aromatic N) is 5. The molecule has 0 radical (unpaired) electrons. The Balaban J connectivity index is 1.47. The van der Waals surface area contributed by atoms with Crippen molar-refractivity contribution < 1.29 is 9.18 Å². The van der Waals surface area contributed by atoms with Crippen molar-refractivity contribution in [1.82, 2.24) is 29.7 Å². The van der Waals surface area contributed by atoms with Gasteiger partial charge in [0.15, 0.2) is 11.5 Å². The van der Waals surface area contributed by atoms with Crippen molar-refractivity contribution in [2.75, 3.05) is 0 Å². The van der Waals surface area contributed by atoms with Gasteiger partial charge < -0.3 is 5.32 Å². The molecule has 0 spiro atoms. The van der Waals surface area contributed by atoms with E-state index in [-0.39, 0.29) is 18.3 Å². The fraction of sp³-hybridized carbons (Fsp3) is 0.100. The maximum absolute atomic E-state index is 13.1. The van der Waals surface area contributed by atoms with E-state index >= 15 is 0 Å². The molecule has 0 atom stereocenters. The Morgan fingerprint density at radius 3 is 2.79 bits per heavy atom. The topological polar surface area (TPSA) is 77.1 Å². The van der Waals surface area contributed by atoms with Crippen molar-refractivity contribution >= 4 is 29.2 Å². The Morgan fingerprint density at radius 1 is 1.21 bits per heavy atom. The summed E-state index contributed by atoms with van der Waals surface area (Å²) < 4.78 is 16.4. The van der Waals surface area contributed by atoms with Gasteiger partial charge in [-0.1, -0.05) is 17.7 Å². The lowest BCUT2D eigenvalue weighted by atomic mass is 10.2. The van der Waals surface area contributed by atoms with Crippen molar-refractivity contribution in [3.05, 3.63) is 82.8 Å². The first kappa shape index (κ1) is 18.8. The molecule has 3 heterocycles. The quantitative estimate of drug-likeness (QED) is 0.512. The molecule has 1 amide bonds. The van der Waals surface area contributed by atoms with Crippen LogP contribution in [0.25, 0.3) is 17.4 Å². The lowest BCUT2D eigenvalue weighted by Crippen LogP contribution is -2.21. The van der Waals surface area contributed by atoms with Gasteiger partial charge in [-0.3, -0.25) is 9.20 Å². The molecule has 0 unspecified atom stereocenters. The number of aromatic nitrogens is 5. The minimum Gasteiger partial charge on any atom is -0.345 e. The van der Waals surface area contributed by atoms with Crippen molar-refractivity contribution in [3.63, 3.8) is 0 Å². The molecule has 0 aliphatic rings. The Morgan fingerprint density at radius 2 is 2.00 bits per heavy atom. The molecule has 0 aliphatic carbocycles. The summed E-state index contributed by atoms with van der Waals surface area (Å²) in [5.41, 5.74) is 2.59. The van der Waals surface area contributed by atoms with E-state index in [4.69, 9.17) is 11.6 Å². The first-order valence-corrected chi connectivity index (χ1v) is 9.16. The van der Waals surface area contributed by atoms with Crippen LogP contribution < -0.4 is 5.32 Å². The second-order valence-corrected chi connectivity index (χ2v) is 6.63. The van der Waals surface area contributed by atoms with Crippen LogP contribution in [0.3, 0.4) is 0 Å². The number of nitrogens with one attached hydrogen (secondary N) is 1. The number of aryl methyl sites for hydroxylation is 1. The fourth-order valence-electron chi connectivity index (χ4n) is 2.85. The van der Waals surface area contributed by atoms with Gasteiger partial charge in [0, 0.05) is 17.8 Å². The SMILES string of the molecule is Cc1nn(-c2ccc(F)cc2)c(Cl)c1/C=C/C(=O)NCc1nnc2ccccn12. The van der Waals surface area contributed by atoms with Crippen LogP contribution in [-0.4, -0.2) is 30.3 Å². The van der Waals surface area contributed by atoms with E-state index in [0.29, 0.717) is 33.6 Å². The number of halogens is 2. The summed E-state index contributed by atoms with van der Waals surface area (Å²) in [5, 5.41) is 15.6. The Hall–Kier alpha value is -3.52. The molecule has 0 bridgehead atoms. The van der Waals surface area contributed by atoms with Gasteiger partial charge in [0.25, 0.3) is 0 Å². The third-order valence-electron chi connectivity index (χ3n) is 4.33. The zero-order chi connectivity index (χ0) is 20.4. The molecular weight excluding hydrogens is 395 g/mol. The van der Waals surface area contributed by atoms with Crippen LogP contribution in [0.2, 0.25) is 5.15 Å². The molecule has 0 saturated carbocycles. The number of hydrogen-bond acceptors (Lipinski definition) is 4. The van der Waals surface area contributed by atoms with E-state index in [2.05, 4.69) is 20.6 Å². The summed E-state index contributed by atoms with van der Waals surface area (Å²) in [6.45, 7) is 2.02. The van der Waals surface area contributed by atoms with Crippen LogP contribution in [-0.2, 0) is 11.3 Å². The van der Waals surface area contributed by atoms with Crippen LogP contribution in [0, 0.1) is 12.7 Å². The van der Waals surface area contributed by atoms with Crippen LogP contribution in [0.15, 0.2) is 54.7 Å². The number of carbonyl (C=O) groups is 1. The molecule has 7 nitrogen and oxygen atoms in total. The highest BCUT2D eigenvalue weighted by Crippen LogP contribution is 2.24. The van der Waals surface area contributed by atoms with E-state index < -0.39 is 0 Å². The number of hydrogen-bond donors (Lipinski definition) is 1. The maximum atomic E-state index is 13.1. The van der Waals surface area contributed by atoms with Crippen LogP contribution in [0.1, 0.15) is 17.1 Å². The number of fused-ring (bicyclic) bond motifs is 1. The van der Waals surface area contributed by atoms with Crippen LogP contribution in [0.4, 0.5) is 4.39 Å². The van der Waals surface area contributed by atoms with E-state index in [1.807, 2.05) is 24.4 Å². The summed E-state index contributed by atoms with van der Waals surface area (Å²) in [7, 11) is 0. The molecule has 146 valence electrons. The molecule has 0 saturated heterocycles. The number of amides is 1. The number of benzene rings is 1. The van der Waals surface area contributed by atoms with Gasteiger partial charge in [0.05, 0.1) is 17.9 Å². The van der Waals surface area contributed by atoms with Gasteiger partial charge in [-0.2, -0.15) is 5.10 Å². The molecule has 9 heteroatoms. The summed E-state index contributed by atoms with van der Waals surface area (Å²) in [5.74, 6) is -0.0191. The van der Waals surface area contributed by atoms with Gasteiger partial charge in [-0.15, -0.1) is 10.2 Å². The molecule has 0 fully saturated rings. The summed E-state index contributed by atoms with van der Waals surface area (Å²) >= 11 is 6.41. The summed E-state index contributed by atoms with van der Waals surface area (Å²) in [4.78, 5) is 12.2. The molecular formula is C20H16ClFN6O. The van der Waals surface area contributed by atoms with Crippen molar-refractivity contribution in [2.24, 2.45) is 0 Å². The highest BCUT2D eigenvalue weighted by atomic mass is 35.5. The van der Waals surface area contributed by atoms with Crippen molar-refractivity contribution in [3.8, 4) is 5.69 Å². The molecule has 3 aromatic heterocycles. The maximum Gasteiger partial charge on any atom is 0.244 e. The van der Waals surface area contributed by atoms with Gasteiger partial charge in [0.1, 0.15) is 11.0 Å². The molecule has 29 heavy (non-hydrogen) atoms. The van der Waals surface area contributed by atoms with E-state index in [1.165, 1.54) is 22.9 Å². The Kier molecular flexibility index (Phi) is 5.09. The summed E-state index contributed by atoms with van der Waals surface area (Å²) in [6, 6.07) is 11.4. The predicted octanol–water partition coefficient (Wildman–Crippen LogP) is 3.35. The molecule has 1 aromatic carbocycles. The monoisotopic (exact) mass is 410 g/mol. The average Bonchev–Trinajstić information content (AvgIpc) is 3.26. The zero-order valence-corrected chi connectivity index (χ0v) is 16.1. The zero-order valence-electron chi connectivity index (χ0n) is 15.4. The van der Waals surface area contributed by atoms with E-state index in [9.17, 15) is 9.18 Å². The van der Waals surface area contributed by atoms with Crippen molar-refractivity contribution in [1.29, 1.82) is 0 Å². The lowest BCUT2D eigenvalue weighted by molar-refractivity contribution is -0.116. The van der Waals surface area contributed by atoms with E-state index in [0.717, 1.165) is 0 Å². The predicted molar refractivity (Wildman–Crippen MR) is 107 cm³/mol. The number of rotatable bonds is 5. The Bertz CT molecular complexity index is 1210. The second kappa shape index (κ2) is 7.84. The molecule has 0 aliphatic heterocycles. The van der Waals surface area contributed by atoms with Gasteiger partial charge >= 0.3 is 0 Å². The number of pyridine rings is 1. The molecule has 1 N–H and O–H groups in total. The minimum absolute atomic E-state index is 0.232. The van der Waals surface area contributed by atoms with Gasteiger partial charge in [-0.25, -0.2) is 9.07 Å². The highest BCUT2D eigenvalue weighted by Gasteiger charge is 2.13. The minimum atomic E-state index is -0.342. The smallest absolute Gasteiger partial charge is 0.244 e. The highest BCUT2D eigenvalue weighted by molar-refractivity contribution is 6.31. The van der Waals surface area contributed by atoms with Gasteiger partial charge in [0.2, 0.25) is 5.91 Å². The summed E-state index contributed by atoms with van der Waals surface area (Å²) in [6.07, 6.45) is 4.82. The largest absolute Gasteiger partial charge is 0.345 e. The number of carbonyl (C=O) groups excluding carboxylic acids is 1. The fourth-order valence-corrected chi connectivity index (χ4v) is 3.18. The average molecular weight is 411 g/mol. The first-order valence-electron chi connectivity index (χ1n) is 8.78. The Labute approximate surface area is 170 Å². The standard InChI is InChI=1S/C20H16ClFN6O/c1-13-16(20(21)28(26-13)15-7-5-14(22)6-8-15)9-10-19(29)23-12-18-25-24-17-4-2-3-11-27(17)18/h2-11H,12H2,1H3,(H,23,29)/b10-9+. The van der Waals surface area contributed by atoms with Crippen molar-refractivity contribution in [2.45, 2.75) is 13.5 Å². The van der Waals surface area contributed by atoms with Crippen LogP contribution >= 0.6 is 11.6 Å². The third kappa shape index (κ3) is 3.88. The first-order chi connectivity index (χ1) is 14.0. The normalized spacial score (nSPS) is 11.4.